The van der Waals surface area contributed by atoms with Gasteiger partial charge in [-0.25, -0.2) is 0 Å². The highest BCUT2D eigenvalue weighted by Gasteiger charge is 2.46. The van der Waals surface area contributed by atoms with Crippen LogP contribution in [0, 0.1) is 0 Å². The van der Waals surface area contributed by atoms with Crippen LogP contribution in [0.25, 0.3) is 5.76 Å². The zero-order valence-corrected chi connectivity index (χ0v) is 19.4. The molecule has 0 aromatic heterocycles. The van der Waals surface area contributed by atoms with Crippen LogP contribution in [0.1, 0.15) is 30.5 Å². The molecule has 0 bridgehead atoms. The number of nitrogens with zero attached hydrogens (tertiary/aromatic N) is 1. The number of phenols is 1. The molecule has 8 nitrogen and oxygen atoms in total. The van der Waals surface area contributed by atoms with Crippen LogP contribution in [0.3, 0.4) is 0 Å². The summed E-state index contributed by atoms with van der Waals surface area (Å²) >= 11 is 6.30. The summed E-state index contributed by atoms with van der Waals surface area (Å²) in [6.45, 7) is 2.69. The summed E-state index contributed by atoms with van der Waals surface area (Å²) in [4.78, 5) is 27.4. The molecule has 176 valence electrons. The van der Waals surface area contributed by atoms with Crippen LogP contribution in [0.5, 0.6) is 17.2 Å². The lowest BCUT2D eigenvalue weighted by atomic mass is 9.94. The Morgan fingerprint density at radius 1 is 1.15 bits per heavy atom. The summed E-state index contributed by atoms with van der Waals surface area (Å²) < 4.78 is 15.8. The molecule has 2 aromatic rings. The van der Waals surface area contributed by atoms with Crippen LogP contribution >= 0.6 is 11.6 Å². The fraction of sp³-hybridized carbons (Fsp3) is 0.333. The maximum atomic E-state index is 13.1. The zero-order valence-electron chi connectivity index (χ0n) is 18.6. The Bertz CT molecular complexity index is 1080. The Balaban J connectivity index is 2.20. The van der Waals surface area contributed by atoms with Gasteiger partial charge in [-0.15, -0.1) is 0 Å². The van der Waals surface area contributed by atoms with E-state index in [4.69, 9.17) is 25.8 Å². The molecule has 0 radical (unpaired) electrons. The molecule has 1 unspecified atom stereocenters. The van der Waals surface area contributed by atoms with Crippen molar-refractivity contribution in [3.63, 3.8) is 0 Å². The predicted molar refractivity (Wildman–Crippen MR) is 123 cm³/mol. The van der Waals surface area contributed by atoms with E-state index in [0.717, 1.165) is 0 Å². The van der Waals surface area contributed by atoms with Crippen LogP contribution in [0.4, 0.5) is 0 Å². The molecule has 0 spiro atoms. The molecule has 33 heavy (non-hydrogen) atoms. The molecule has 1 aliphatic heterocycles. The number of carbonyl (C=O) groups is 2. The average Bonchev–Trinajstić information content (AvgIpc) is 3.06. The molecule has 2 aromatic carbocycles. The second kappa shape index (κ2) is 10.6. The highest BCUT2D eigenvalue weighted by molar-refractivity contribution is 6.47. The van der Waals surface area contributed by atoms with Gasteiger partial charge in [0, 0.05) is 25.8 Å². The van der Waals surface area contributed by atoms with Crippen LogP contribution in [0.2, 0.25) is 5.02 Å². The van der Waals surface area contributed by atoms with E-state index in [2.05, 4.69) is 0 Å². The van der Waals surface area contributed by atoms with Gasteiger partial charge in [0.15, 0.2) is 11.5 Å². The smallest absolute Gasteiger partial charge is 0.295 e. The van der Waals surface area contributed by atoms with E-state index < -0.39 is 23.5 Å². The monoisotopic (exact) mass is 475 g/mol. The minimum absolute atomic E-state index is 0.0761. The number of halogens is 1. The van der Waals surface area contributed by atoms with E-state index in [1.165, 1.54) is 30.2 Å². The minimum atomic E-state index is -0.913. The van der Waals surface area contributed by atoms with Gasteiger partial charge in [-0.3, -0.25) is 9.59 Å². The van der Waals surface area contributed by atoms with Crippen LogP contribution in [-0.4, -0.2) is 60.8 Å². The fourth-order valence-corrected chi connectivity index (χ4v) is 3.97. The van der Waals surface area contributed by atoms with Gasteiger partial charge in [-0.05, 0) is 49.2 Å². The molecule has 2 N–H and O–H groups in total. The van der Waals surface area contributed by atoms with Crippen molar-refractivity contribution in [1.29, 1.82) is 0 Å². The van der Waals surface area contributed by atoms with Crippen LogP contribution < -0.4 is 9.47 Å². The first-order valence-electron chi connectivity index (χ1n) is 10.4. The standard InChI is InChI=1S/C24H26ClNO7/c1-4-33-19-12-14(6-9-18(19)27)21-20(23(29)24(30)26(21)10-5-11-31-2)22(28)16-13-15(32-3)7-8-17(16)25/h6-9,12-13,21,27-28H,4-5,10-11H2,1-3H3/b22-20+. The lowest BCUT2D eigenvalue weighted by Gasteiger charge is -2.26. The molecule has 1 amide bonds. The number of hydrogen-bond donors (Lipinski definition) is 2. The van der Waals surface area contributed by atoms with E-state index in [1.807, 2.05) is 0 Å². The van der Waals surface area contributed by atoms with Gasteiger partial charge < -0.3 is 29.3 Å². The predicted octanol–water partition coefficient (Wildman–Crippen LogP) is 3.91. The maximum absolute atomic E-state index is 13.1. The third-order valence-electron chi connectivity index (χ3n) is 5.32. The normalized spacial score (nSPS) is 17.5. The summed E-state index contributed by atoms with van der Waals surface area (Å²) in [6.07, 6.45) is 0.483. The van der Waals surface area contributed by atoms with Crippen molar-refractivity contribution in [3.8, 4) is 17.2 Å². The number of rotatable bonds is 9. The number of phenolic OH excluding ortho intramolecular Hbond substituents is 1. The molecule has 1 heterocycles. The molecule has 1 aliphatic rings. The van der Waals surface area contributed by atoms with Gasteiger partial charge in [0.1, 0.15) is 11.5 Å². The summed E-state index contributed by atoms with van der Waals surface area (Å²) in [7, 11) is 3.01. The number of aliphatic hydroxyl groups excluding tert-OH is 1. The third kappa shape index (κ3) is 4.91. The Labute approximate surface area is 196 Å². The Kier molecular flexibility index (Phi) is 7.84. The first kappa shape index (κ1) is 24.4. The van der Waals surface area contributed by atoms with Crippen molar-refractivity contribution < 1.29 is 34.0 Å². The lowest BCUT2D eigenvalue weighted by Crippen LogP contribution is -2.31. The summed E-state index contributed by atoms with van der Waals surface area (Å²) in [5, 5.41) is 21.5. The van der Waals surface area contributed by atoms with Gasteiger partial charge in [-0.1, -0.05) is 17.7 Å². The van der Waals surface area contributed by atoms with Gasteiger partial charge in [0.2, 0.25) is 0 Å². The largest absolute Gasteiger partial charge is 0.507 e. The number of aliphatic hydroxyl groups is 1. The minimum Gasteiger partial charge on any atom is -0.507 e. The summed E-state index contributed by atoms with van der Waals surface area (Å²) in [5.74, 6) is -1.44. The van der Waals surface area contributed by atoms with Crippen molar-refractivity contribution in [1.82, 2.24) is 4.90 Å². The molecular weight excluding hydrogens is 450 g/mol. The second-order valence-corrected chi connectivity index (χ2v) is 7.75. The van der Waals surface area contributed by atoms with Gasteiger partial charge >= 0.3 is 0 Å². The topological polar surface area (TPSA) is 106 Å². The lowest BCUT2D eigenvalue weighted by molar-refractivity contribution is -0.140. The van der Waals surface area contributed by atoms with E-state index in [0.29, 0.717) is 30.9 Å². The van der Waals surface area contributed by atoms with Crippen LogP contribution in [0.15, 0.2) is 42.0 Å². The first-order valence-corrected chi connectivity index (χ1v) is 10.8. The number of amides is 1. The molecule has 0 aliphatic carbocycles. The molecule has 1 atom stereocenters. The highest BCUT2D eigenvalue weighted by atomic mass is 35.5. The van der Waals surface area contributed by atoms with E-state index in [1.54, 1.807) is 32.2 Å². The Morgan fingerprint density at radius 3 is 2.58 bits per heavy atom. The number of hydrogen-bond acceptors (Lipinski definition) is 7. The number of Topliss-reactive ketones (excluding diaryl/α,β-unsaturated/α-hetero) is 1. The van der Waals surface area contributed by atoms with E-state index in [-0.39, 0.29) is 34.2 Å². The number of methoxy groups -OCH3 is 2. The fourth-order valence-electron chi connectivity index (χ4n) is 3.77. The van der Waals surface area contributed by atoms with Crippen molar-refractivity contribution in [2.75, 3.05) is 34.0 Å². The van der Waals surface area contributed by atoms with Crippen LogP contribution in [-0.2, 0) is 14.3 Å². The Hall–Kier alpha value is -3.23. The van der Waals surface area contributed by atoms with Gasteiger partial charge in [0.05, 0.1) is 30.4 Å². The summed E-state index contributed by atoms with van der Waals surface area (Å²) in [6, 6.07) is 8.30. The average molecular weight is 476 g/mol. The van der Waals surface area contributed by atoms with Crippen molar-refractivity contribution >= 4 is 29.1 Å². The molecule has 1 fully saturated rings. The molecule has 0 saturated carbocycles. The second-order valence-electron chi connectivity index (χ2n) is 7.34. The number of carbonyl (C=O) groups excluding carboxylic acids is 2. The summed E-state index contributed by atoms with van der Waals surface area (Å²) in [5.41, 5.74) is 0.550. The first-order chi connectivity index (χ1) is 15.8. The number of ether oxygens (including phenoxy) is 3. The molecule has 9 heteroatoms. The van der Waals surface area contributed by atoms with Crippen molar-refractivity contribution in [2.24, 2.45) is 0 Å². The number of likely N-dealkylation sites (tertiary alicyclic amines) is 1. The number of benzene rings is 2. The molecular formula is C24H26ClNO7. The third-order valence-corrected chi connectivity index (χ3v) is 5.65. The van der Waals surface area contributed by atoms with Gasteiger partial charge in [-0.2, -0.15) is 0 Å². The van der Waals surface area contributed by atoms with Crippen molar-refractivity contribution in [3.05, 3.63) is 58.1 Å². The zero-order chi connectivity index (χ0) is 24.1. The van der Waals surface area contributed by atoms with Gasteiger partial charge in [0.25, 0.3) is 11.7 Å². The Morgan fingerprint density at radius 2 is 1.91 bits per heavy atom. The van der Waals surface area contributed by atoms with Crippen molar-refractivity contribution in [2.45, 2.75) is 19.4 Å². The quantitative estimate of drug-likeness (QED) is 0.245. The maximum Gasteiger partial charge on any atom is 0.295 e. The SMILES string of the molecule is CCOc1cc(C2/C(=C(\O)c3cc(OC)ccc3Cl)C(=O)C(=O)N2CCCOC)ccc1O. The molecule has 1 saturated heterocycles. The highest BCUT2D eigenvalue weighted by Crippen LogP contribution is 2.43. The molecule has 3 rings (SSSR count). The van der Waals surface area contributed by atoms with E-state index >= 15 is 0 Å². The number of aromatic hydroxyl groups is 1. The van der Waals surface area contributed by atoms with E-state index in [9.17, 15) is 19.8 Å². The number of ketones is 1.